The number of rotatable bonds is 6. The van der Waals surface area contributed by atoms with Crippen LogP contribution >= 0.6 is 0 Å². The zero-order valence-corrected chi connectivity index (χ0v) is 16.4. The second kappa shape index (κ2) is 7.69. The zero-order valence-electron chi connectivity index (χ0n) is 16.4. The number of ketones is 1. The predicted octanol–water partition coefficient (Wildman–Crippen LogP) is 2.22. The summed E-state index contributed by atoms with van der Waals surface area (Å²) in [4.78, 5) is 61.4. The molecule has 0 unspecified atom stereocenters. The Kier molecular flexibility index (Phi) is 5.86. The van der Waals surface area contributed by atoms with Gasteiger partial charge in [-0.15, -0.1) is 0 Å². The molecule has 2 atom stereocenters. The molecule has 1 aliphatic heterocycles. The van der Waals surface area contributed by atoms with Crippen molar-refractivity contribution in [3.05, 3.63) is 39.9 Å². The van der Waals surface area contributed by atoms with Gasteiger partial charge in [0.15, 0.2) is 0 Å². The number of esters is 1. The normalized spacial score (nSPS) is 19.1. The third kappa shape index (κ3) is 3.87. The number of halogens is 1. The molecular weight excluding hydrogens is 387 g/mol. The molecule has 0 N–H and O–H groups in total. The number of carbonyl (C=O) groups excluding carboxylic acids is 4. The van der Waals surface area contributed by atoms with Gasteiger partial charge in [0, 0.05) is 29.7 Å². The summed E-state index contributed by atoms with van der Waals surface area (Å²) in [6, 6.07) is 3.91. The van der Waals surface area contributed by atoms with Crippen LogP contribution in [-0.4, -0.2) is 51.2 Å². The first-order chi connectivity index (χ1) is 13.4. The van der Waals surface area contributed by atoms with E-state index in [-0.39, 0.29) is 17.9 Å². The number of nitro groups is 1. The van der Waals surface area contributed by atoms with Gasteiger partial charge in [-0.05, 0) is 39.8 Å². The van der Waals surface area contributed by atoms with Crippen molar-refractivity contribution in [2.45, 2.75) is 45.3 Å². The number of carbonyl (C=O) groups is 4. The molecule has 1 aliphatic rings. The number of Topliss-reactive ketones (excluding diaryl/α,β-unsaturated/α-hetero) is 1. The Morgan fingerprint density at radius 1 is 1.24 bits per heavy atom. The lowest BCUT2D eigenvalue weighted by Gasteiger charge is -2.31. The molecule has 2 amide bonds. The summed E-state index contributed by atoms with van der Waals surface area (Å²) in [5.41, 5.74) is -5.12. The molecule has 2 rings (SSSR count). The minimum Gasteiger partial charge on any atom is -0.463 e. The number of benzene rings is 1. The highest BCUT2D eigenvalue weighted by Crippen LogP contribution is 2.39. The molecule has 0 bridgehead atoms. The molecule has 0 spiro atoms. The highest BCUT2D eigenvalue weighted by atomic mass is 19.1. The summed E-state index contributed by atoms with van der Waals surface area (Å²) in [6.07, 6.45) is -0.676. The second-order valence-electron chi connectivity index (χ2n) is 7.56. The van der Waals surface area contributed by atoms with Crippen LogP contribution in [0.15, 0.2) is 24.3 Å². The van der Waals surface area contributed by atoms with Crippen molar-refractivity contribution in [2.24, 2.45) is 5.92 Å². The number of imide groups is 1. The number of non-ortho nitro benzene ring substituents is 1. The summed E-state index contributed by atoms with van der Waals surface area (Å²) in [6.45, 7) is 5.84. The van der Waals surface area contributed by atoms with Gasteiger partial charge in [-0.25, -0.2) is 9.18 Å². The highest BCUT2D eigenvalue weighted by Gasteiger charge is 2.63. The minimum atomic E-state index is -3.45. The third-order valence-corrected chi connectivity index (χ3v) is 4.54. The van der Waals surface area contributed by atoms with Gasteiger partial charge in [0.25, 0.3) is 11.4 Å². The van der Waals surface area contributed by atoms with Crippen LogP contribution in [-0.2, 0) is 19.1 Å². The molecule has 10 heteroatoms. The summed E-state index contributed by atoms with van der Waals surface area (Å²) in [5, 5.41) is 10.8. The first-order valence-corrected chi connectivity index (χ1v) is 8.88. The maximum atomic E-state index is 16.0. The van der Waals surface area contributed by atoms with Crippen LogP contribution in [0.5, 0.6) is 0 Å². The SMILES string of the molecule is CCOC(=O)[C@@](F)(C(=O)c1ccc([N+](=O)[O-])cc1)[C@H]1CC(=O)N(C(C)(C)C)C1=O. The lowest BCUT2D eigenvalue weighted by molar-refractivity contribution is -0.384. The van der Waals surface area contributed by atoms with E-state index in [1.54, 1.807) is 20.8 Å². The Morgan fingerprint density at radius 2 is 1.79 bits per heavy atom. The van der Waals surface area contributed by atoms with E-state index in [0.717, 1.165) is 29.2 Å². The first kappa shape index (κ1) is 22.1. The summed E-state index contributed by atoms with van der Waals surface area (Å²) >= 11 is 0. The molecule has 9 nitrogen and oxygen atoms in total. The lowest BCUT2D eigenvalue weighted by atomic mass is 9.81. The van der Waals surface area contributed by atoms with E-state index in [2.05, 4.69) is 0 Å². The van der Waals surface area contributed by atoms with Gasteiger partial charge in [0.05, 0.1) is 11.5 Å². The van der Waals surface area contributed by atoms with Gasteiger partial charge in [-0.2, -0.15) is 0 Å². The summed E-state index contributed by atoms with van der Waals surface area (Å²) in [7, 11) is 0. The average molecular weight is 408 g/mol. The fraction of sp³-hybridized carbons (Fsp3) is 0.474. The van der Waals surface area contributed by atoms with Crippen molar-refractivity contribution in [1.29, 1.82) is 0 Å². The number of nitrogens with zero attached hydrogens (tertiary/aromatic N) is 2. The summed E-state index contributed by atoms with van der Waals surface area (Å²) < 4.78 is 20.7. The fourth-order valence-corrected chi connectivity index (χ4v) is 3.22. The molecular formula is C19H21FN2O7. The number of hydrogen-bond acceptors (Lipinski definition) is 7. The Bertz CT molecular complexity index is 876. The Hall–Kier alpha value is -3.17. The van der Waals surface area contributed by atoms with E-state index >= 15 is 4.39 Å². The largest absolute Gasteiger partial charge is 0.463 e. The predicted molar refractivity (Wildman–Crippen MR) is 97.6 cm³/mol. The molecule has 0 radical (unpaired) electrons. The molecule has 29 heavy (non-hydrogen) atoms. The number of ether oxygens (including phenoxy) is 1. The minimum absolute atomic E-state index is 0.254. The van der Waals surface area contributed by atoms with Crippen LogP contribution in [0.1, 0.15) is 44.5 Å². The molecule has 1 fully saturated rings. The van der Waals surface area contributed by atoms with Gasteiger partial charge in [0.1, 0.15) is 5.92 Å². The summed E-state index contributed by atoms with van der Waals surface area (Å²) in [5.74, 6) is -6.57. The number of likely N-dealkylation sites (tertiary alicyclic amines) is 1. The van der Waals surface area contributed by atoms with Gasteiger partial charge in [-0.1, -0.05) is 0 Å². The molecule has 156 valence electrons. The van der Waals surface area contributed by atoms with Crippen molar-refractivity contribution in [2.75, 3.05) is 6.61 Å². The smallest absolute Gasteiger partial charge is 0.353 e. The molecule has 1 aromatic carbocycles. The molecule has 1 saturated heterocycles. The van der Waals surface area contributed by atoms with E-state index in [1.807, 2.05) is 0 Å². The van der Waals surface area contributed by atoms with Crippen LogP contribution < -0.4 is 0 Å². The van der Waals surface area contributed by atoms with Crippen LogP contribution in [0.25, 0.3) is 0 Å². The Labute approximate surface area is 166 Å². The number of hydrogen-bond donors (Lipinski definition) is 0. The fourth-order valence-electron chi connectivity index (χ4n) is 3.22. The van der Waals surface area contributed by atoms with E-state index in [1.165, 1.54) is 6.92 Å². The van der Waals surface area contributed by atoms with Crippen LogP contribution in [0, 0.1) is 16.0 Å². The van der Waals surface area contributed by atoms with E-state index in [0.29, 0.717) is 0 Å². The van der Waals surface area contributed by atoms with Gasteiger partial charge in [0.2, 0.25) is 17.6 Å². The lowest BCUT2D eigenvalue weighted by Crippen LogP contribution is -2.54. The van der Waals surface area contributed by atoms with Crippen LogP contribution in [0.2, 0.25) is 0 Å². The van der Waals surface area contributed by atoms with Crippen molar-refractivity contribution >= 4 is 29.3 Å². The highest BCUT2D eigenvalue weighted by molar-refractivity contribution is 6.20. The van der Waals surface area contributed by atoms with Gasteiger partial charge < -0.3 is 4.74 Å². The van der Waals surface area contributed by atoms with Crippen molar-refractivity contribution in [1.82, 2.24) is 4.90 Å². The monoisotopic (exact) mass is 408 g/mol. The second-order valence-corrected chi connectivity index (χ2v) is 7.56. The van der Waals surface area contributed by atoms with Crippen molar-refractivity contribution in [3.63, 3.8) is 0 Å². The standard InChI is InChI=1S/C19H21FN2O7/c1-5-29-17(26)19(20,13-10-14(23)21(16(13)25)18(2,3)4)15(24)11-6-8-12(9-7-11)22(27)28/h6-9,13H,5,10H2,1-4H3/t13-,19-/m0/s1. The van der Waals surface area contributed by atoms with E-state index in [9.17, 15) is 29.3 Å². The van der Waals surface area contributed by atoms with E-state index < -0.39 is 52.0 Å². The van der Waals surface area contributed by atoms with Gasteiger partial charge >= 0.3 is 5.97 Å². The number of alkyl halides is 1. The van der Waals surface area contributed by atoms with Crippen LogP contribution in [0.4, 0.5) is 10.1 Å². The van der Waals surface area contributed by atoms with Gasteiger partial charge in [-0.3, -0.25) is 29.4 Å². The molecule has 1 heterocycles. The molecule has 0 aliphatic carbocycles. The van der Waals surface area contributed by atoms with Crippen LogP contribution in [0.3, 0.4) is 0 Å². The Balaban J connectivity index is 2.53. The molecule has 1 aromatic rings. The maximum Gasteiger partial charge on any atom is 0.353 e. The quantitative estimate of drug-likeness (QED) is 0.176. The van der Waals surface area contributed by atoms with Crippen molar-refractivity contribution < 1.29 is 33.2 Å². The third-order valence-electron chi connectivity index (χ3n) is 4.54. The zero-order chi connectivity index (χ0) is 22.1. The van der Waals surface area contributed by atoms with E-state index in [4.69, 9.17) is 4.74 Å². The molecule has 0 aromatic heterocycles. The first-order valence-electron chi connectivity index (χ1n) is 8.88. The average Bonchev–Trinajstić information content (AvgIpc) is 2.95. The maximum absolute atomic E-state index is 16.0. The topological polar surface area (TPSA) is 124 Å². The number of nitro benzene ring substituents is 1. The Morgan fingerprint density at radius 3 is 2.21 bits per heavy atom. The molecule has 0 saturated carbocycles. The van der Waals surface area contributed by atoms with Crippen molar-refractivity contribution in [3.8, 4) is 0 Å². The number of amides is 2.